The molecule has 0 spiro atoms. The second-order valence-electron chi connectivity index (χ2n) is 4.58. The number of H-pyrrole nitrogens is 1. The highest BCUT2D eigenvalue weighted by molar-refractivity contribution is 7.89. The largest absolute Gasteiger partial charge is 0.325 e. The van der Waals surface area contributed by atoms with Crippen molar-refractivity contribution >= 4 is 10.0 Å². The second-order valence-corrected chi connectivity index (χ2v) is 6.23. The molecule has 7 heteroatoms. The lowest BCUT2D eigenvalue weighted by molar-refractivity contribution is 0.537. The summed E-state index contributed by atoms with van der Waals surface area (Å²) < 4.78 is 27.1. The molecule has 1 unspecified atom stereocenters. The van der Waals surface area contributed by atoms with E-state index in [4.69, 9.17) is 5.73 Å². The molecule has 0 aliphatic heterocycles. The maximum absolute atomic E-state index is 12.2. The van der Waals surface area contributed by atoms with Crippen molar-refractivity contribution in [2.45, 2.75) is 44.2 Å². The van der Waals surface area contributed by atoms with Crippen molar-refractivity contribution in [3.63, 3.8) is 0 Å². The van der Waals surface area contributed by atoms with Crippen LogP contribution in [0.25, 0.3) is 0 Å². The van der Waals surface area contributed by atoms with E-state index in [0.29, 0.717) is 17.3 Å². The van der Waals surface area contributed by atoms with Gasteiger partial charge >= 0.3 is 0 Å². The Bertz CT molecular complexity index is 504. The summed E-state index contributed by atoms with van der Waals surface area (Å²) >= 11 is 0. The summed E-state index contributed by atoms with van der Waals surface area (Å²) in [6.45, 7) is 3.69. The predicted octanol–water partition coefficient (Wildman–Crippen LogP) is 0.254. The van der Waals surface area contributed by atoms with Gasteiger partial charge in [-0.3, -0.25) is 5.10 Å². The van der Waals surface area contributed by atoms with Crippen molar-refractivity contribution in [3.05, 3.63) is 11.4 Å². The Kier molecular flexibility index (Phi) is 3.24. The molecule has 1 aliphatic carbocycles. The highest BCUT2D eigenvalue weighted by atomic mass is 32.2. The zero-order valence-corrected chi connectivity index (χ0v) is 10.8. The van der Waals surface area contributed by atoms with Crippen LogP contribution in [0.3, 0.4) is 0 Å². The molecule has 4 N–H and O–H groups in total. The number of sulfonamides is 1. The van der Waals surface area contributed by atoms with E-state index in [1.54, 1.807) is 6.92 Å². The Morgan fingerprint density at radius 1 is 1.59 bits per heavy atom. The van der Waals surface area contributed by atoms with E-state index >= 15 is 0 Å². The number of aromatic amines is 1. The van der Waals surface area contributed by atoms with Crippen molar-refractivity contribution in [2.75, 3.05) is 0 Å². The smallest absolute Gasteiger partial charge is 0.244 e. The zero-order chi connectivity index (χ0) is 12.6. The minimum atomic E-state index is -3.52. The average Bonchev–Trinajstić information content (AvgIpc) is 3.01. The number of aryl methyl sites for hydroxylation is 1. The van der Waals surface area contributed by atoms with Crippen molar-refractivity contribution in [3.8, 4) is 0 Å². The van der Waals surface area contributed by atoms with Gasteiger partial charge in [0.25, 0.3) is 0 Å². The number of aromatic nitrogens is 2. The lowest BCUT2D eigenvalue weighted by Gasteiger charge is -2.13. The number of nitrogens with two attached hydrogens (primary N) is 1. The van der Waals surface area contributed by atoms with Crippen LogP contribution in [-0.2, 0) is 16.6 Å². The fourth-order valence-electron chi connectivity index (χ4n) is 1.96. The third kappa shape index (κ3) is 2.51. The molecule has 1 heterocycles. The van der Waals surface area contributed by atoms with Gasteiger partial charge in [-0.25, -0.2) is 13.1 Å². The van der Waals surface area contributed by atoms with Crippen LogP contribution in [0.1, 0.15) is 31.2 Å². The summed E-state index contributed by atoms with van der Waals surface area (Å²) in [5.74, 6) is 0.471. The van der Waals surface area contributed by atoms with Crippen molar-refractivity contribution in [1.29, 1.82) is 0 Å². The summed E-state index contributed by atoms with van der Waals surface area (Å²) in [6, 6.07) is -0.0278. The zero-order valence-electron chi connectivity index (χ0n) is 10.0. The van der Waals surface area contributed by atoms with Gasteiger partial charge in [0.05, 0.1) is 11.4 Å². The van der Waals surface area contributed by atoms with E-state index in [9.17, 15) is 8.42 Å². The molecule has 6 nitrogen and oxygen atoms in total. The monoisotopic (exact) mass is 258 g/mol. The summed E-state index contributed by atoms with van der Waals surface area (Å²) in [4.78, 5) is 0.201. The fourth-order valence-corrected chi connectivity index (χ4v) is 3.65. The standard InChI is InChI=1S/C10H18N4O2S/c1-6(8-3-4-8)14-17(15,16)10-7(2)12-13-9(10)5-11/h6,8,14H,3-5,11H2,1-2H3,(H,12,13). The van der Waals surface area contributed by atoms with Gasteiger partial charge < -0.3 is 5.73 Å². The van der Waals surface area contributed by atoms with Gasteiger partial charge in [-0.05, 0) is 32.6 Å². The quantitative estimate of drug-likeness (QED) is 0.705. The van der Waals surface area contributed by atoms with Crippen LogP contribution in [0.5, 0.6) is 0 Å². The number of nitrogens with zero attached hydrogens (tertiary/aromatic N) is 1. The molecular formula is C10H18N4O2S. The first-order valence-corrected chi connectivity index (χ1v) is 7.20. The van der Waals surface area contributed by atoms with Crippen LogP contribution < -0.4 is 10.5 Å². The van der Waals surface area contributed by atoms with Crippen LogP contribution in [-0.4, -0.2) is 24.7 Å². The molecule has 17 heavy (non-hydrogen) atoms. The summed E-state index contributed by atoms with van der Waals surface area (Å²) in [5.41, 5.74) is 6.40. The molecule has 1 saturated carbocycles. The van der Waals surface area contributed by atoms with Gasteiger partial charge in [0.1, 0.15) is 4.90 Å². The molecule has 0 amide bonds. The molecule has 0 saturated heterocycles. The first-order chi connectivity index (χ1) is 7.95. The molecule has 96 valence electrons. The first-order valence-electron chi connectivity index (χ1n) is 5.72. The number of hydrogen-bond acceptors (Lipinski definition) is 4. The van der Waals surface area contributed by atoms with E-state index in [-0.39, 0.29) is 17.5 Å². The van der Waals surface area contributed by atoms with Gasteiger partial charge in [-0.15, -0.1) is 0 Å². The van der Waals surface area contributed by atoms with E-state index in [1.807, 2.05) is 6.92 Å². The van der Waals surface area contributed by atoms with Gasteiger partial charge in [0, 0.05) is 12.6 Å². The summed E-state index contributed by atoms with van der Waals surface area (Å²) in [5, 5.41) is 6.56. The van der Waals surface area contributed by atoms with Gasteiger partial charge in [-0.1, -0.05) is 0 Å². The van der Waals surface area contributed by atoms with E-state index < -0.39 is 10.0 Å². The van der Waals surface area contributed by atoms with Crippen molar-refractivity contribution in [1.82, 2.24) is 14.9 Å². The Labute approximate surface area is 101 Å². The van der Waals surface area contributed by atoms with Crippen LogP contribution in [0.2, 0.25) is 0 Å². The van der Waals surface area contributed by atoms with E-state index in [2.05, 4.69) is 14.9 Å². The van der Waals surface area contributed by atoms with E-state index in [0.717, 1.165) is 12.8 Å². The first kappa shape index (κ1) is 12.5. The maximum atomic E-state index is 12.2. The lowest BCUT2D eigenvalue weighted by Crippen LogP contribution is -2.34. The fraction of sp³-hybridized carbons (Fsp3) is 0.700. The third-order valence-corrected chi connectivity index (χ3v) is 4.85. The normalized spacial score (nSPS) is 18.3. The molecule has 0 radical (unpaired) electrons. The molecule has 0 aromatic carbocycles. The minimum absolute atomic E-state index is 0.0278. The number of hydrogen-bond donors (Lipinski definition) is 3. The van der Waals surface area contributed by atoms with Crippen LogP contribution in [0.15, 0.2) is 4.90 Å². The molecule has 0 bridgehead atoms. The molecule has 1 aromatic rings. The third-order valence-electron chi connectivity index (χ3n) is 3.09. The van der Waals surface area contributed by atoms with Crippen molar-refractivity contribution in [2.24, 2.45) is 11.7 Å². The second kappa shape index (κ2) is 4.40. The molecule has 2 rings (SSSR count). The highest BCUT2D eigenvalue weighted by Crippen LogP contribution is 2.33. The topological polar surface area (TPSA) is 101 Å². The molecule has 1 aliphatic rings. The summed E-state index contributed by atoms with van der Waals surface area (Å²) in [6.07, 6.45) is 2.19. The highest BCUT2D eigenvalue weighted by Gasteiger charge is 2.33. The Morgan fingerprint density at radius 3 is 2.76 bits per heavy atom. The van der Waals surface area contributed by atoms with Crippen molar-refractivity contribution < 1.29 is 8.42 Å². The van der Waals surface area contributed by atoms with Gasteiger partial charge in [0.15, 0.2) is 0 Å². The Morgan fingerprint density at radius 2 is 2.24 bits per heavy atom. The Balaban J connectivity index is 2.26. The summed E-state index contributed by atoms with van der Waals surface area (Å²) in [7, 11) is -3.52. The van der Waals surface area contributed by atoms with Crippen LogP contribution in [0.4, 0.5) is 0 Å². The number of nitrogens with one attached hydrogen (secondary N) is 2. The van der Waals surface area contributed by atoms with Crippen LogP contribution in [0, 0.1) is 12.8 Å². The predicted molar refractivity (Wildman–Crippen MR) is 63.7 cm³/mol. The SMILES string of the molecule is Cc1[nH]nc(CN)c1S(=O)(=O)NC(C)C1CC1. The number of rotatable bonds is 5. The van der Waals surface area contributed by atoms with E-state index in [1.165, 1.54) is 0 Å². The molecule has 1 aromatic heterocycles. The van der Waals surface area contributed by atoms with Gasteiger partial charge in [-0.2, -0.15) is 5.10 Å². The minimum Gasteiger partial charge on any atom is -0.325 e. The molecule has 1 fully saturated rings. The maximum Gasteiger partial charge on any atom is 0.244 e. The Hall–Kier alpha value is -0.920. The van der Waals surface area contributed by atoms with Crippen LogP contribution >= 0.6 is 0 Å². The lowest BCUT2D eigenvalue weighted by atomic mass is 10.2. The molecular weight excluding hydrogens is 240 g/mol. The van der Waals surface area contributed by atoms with Gasteiger partial charge in [0.2, 0.25) is 10.0 Å². The average molecular weight is 258 g/mol. The molecule has 1 atom stereocenters.